The molecular weight excluding hydrogens is 512 g/mol. The zero-order chi connectivity index (χ0) is 30.6. The maximum Gasteiger partial charge on any atom is 0.127 e. The monoisotopic (exact) mass is 570 g/mol. The molecule has 0 bridgehead atoms. The highest BCUT2D eigenvalue weighted by Crippen LogP contribution is 2.62. The molecule has 2 heteroatoms. The van der Waals surface area contributed by atoms with Gasteiger partial charge in [0, 0.05) is 22.3 Å². The van der Waals surface area contributed by atoms with E-state index in [9.17, 15) is 10.2 Å². The third kappa shape index (κ3) is 4.16. The summed E-state index contributed by atoms with van der Waals surface area (Å²) in [6.07, 6.45) is 12.0. The molecule has 0 radical (unpaired) electrons. The summed E-state index contributed by atoms with van der Waals surface area (Å²) in [6.45, 7) is 23.9. The van der Waals surface area contributed by atoms with E-state index in [1.165, 1.54) is 73.6 Å². The summed E-state index contributed by atoms with van der Waals surface area (Å²) < 4.78 is 0. The van der Waals surface area contributed by atoms with Crippen molar-refractivity contribution < 1.29 is 10.2 Å². The number of phenolic OH excluding ortho intramolecular Hbond substituents is 2. The largest absolute Gasteiger partial charge is 0.507 e. The minimum Gasteiger partial charge on any atom is -0.507 e. The first kappa shape index (κ1) is 30.1. The van der Waals surface area contributed by atoms with Crippen LogP contribution in [0.1, 0.15) is 166 Å². The molecule has 0 spiro atoms. The molecule has 2 N–H and O–H groups in total. The van der Waals surface area contributed by atoms with Crippen LogP contribution in [0.25, 0.3) is 11.1 Å². The highest BCUT2D eigenvalue weighted by atomic mass is 16.3. The van der Waals surface area contributed by atoms with Crippen molar-refractivity contribution in [3.8, 4) is 22.6 Å². The average Bonchev–Trinajstić information content (AvgIpc) is 2.86. The van der Waals surface area contributed by atoms with Crippen LogP contribution in [0, 0.1) is 22.7 Å². The number of rotatable bonds is 3. The normalized spacial score (nSPS) is 31.3. The van der Waals surface area contributed by atoms with Crippen LogP contribution in [0.2, 0.25) is 0 Å². The summed E-state index contributed by atoms with van der Waals surface area (Å²) in [5.74, 6) is 2.54. The zero-order valence-electron chi connectivity index (χ0n) is 28.4. The van der Waals surface area contributed by atoms with E-state index >= 15 is 0 Å². The number of fused-ring (bicyclic) bond motifs is 6. The predicted molar refractivity (Wildman–Crippen MR) is 177 cm³/mol. The van der Waals surface area contributed by atoms with Crippen LogP contribution in [-0.2, 0) is 23.7 Å². The maximum absolute atomic E-state index is 12.2. The fourth-order valence-corrected chi connectivity index (χ4v) is 11.6. The van der Waals surface area contributed by atoms with E-state index in [1.54, 1.807) is 0 Å². The first-order chi connectivity index (χ1) is 19.5. The van der Waals surface area contributed by atoms with Gasteiger partial charge in [-0.25, -0.2) is 0 Å². The van der Waals surface area contributed by atoms with Gasteiger partial charge in [0.1, 0.15) is 11.5 Å². The molecule has 0 aliphatic heterocycles. The highest BCUT2D eigenvalue weighted by molar-refractivity contribution is 5.82. The first-order valence-corrected chi connectivity index (χ1v) is 17.3. The van der Waals surface area contributed by atoms with Crippen LogP contribution in [0.4, 0.5) is 0 Å². The molecule has 2 aromatic carbocycles. The van der Waals surface area contributed by atoms with E-state index in [0.717, 1.165) is 35.1 Å². The van der Waals surface area contributed by atoms with Crippen molar-refractivity contribution in [2.75, 3.05) is 0 Å². The van der Waals surface area contributed by atoms with Crippen molar-refractivity contribution in [2.24, 2.45) is 22.7 Å². The van der Waals surface area contributed by atoms with Crippen molar-refractivity contribution in [3.63, 3.8) is 0 Å². The Morgan fingerprint density at radius 2 is 0.952 bits per heavy atom. The lowest BCUT2D eigenvalue weighted by Gasteiger charge is -2.55. The molecule has 4 aliphatic rings. The fraction of sp³-hybridized carbons (Fsp3) is 0.700. The Bertz CT molecular complexity index is 1300. The number of phenols is 2. The van der Waals surface area contributed by atoms with Crippen molar-refractivity contribution in [3.05, 3.63) is 45.5 Å². The standard InChI is InChI=1S/C40H58O2/c1-23(2)33-25-13-15-31-37(5,6)17-11-19-39(31,9)29(25)21-27(35(33)41)28-22-30-26(34(24(3)4)36(28)42)14-16-32-38(7,8)18-12-20-40(30,32)10/h21-24,31-32,41-42H,11-20H2,1-10H3/t31-,32-,39+,40+/m0/s1. The molecule has 6 rings (SSSR count). The van der Waals surface area contributed by atoms with Crippen LogP contribution in [-0.4, -0.2) is 10.2 Å². The molecule has 0 aromatic heterocycles. The molecule has 0 saturated heterocycles. The second-order valence-electron chi connectivity index (χ2n) is 17.4. The van der Waals surface area contributed by atoms with Crippen LogP contribution in [0.5, 0.6) is 11.5 Å². The first-order valence-electron chi connectivity index (χ1n) is 17.3. The molecule has 230 valence electrons. The highest BCUT2D eigenvalue weighted by Gasteiger charge is 2.52. The van der Waals surface area contributed by atoms with Gasteiger partial charge in [0.25, 0.3) is 0 Å². The van der Waals surface area contributed by atoms with Crippen LogP contribution < -0.4 is 0 Å². The molecule has 0 heterocycles. The van der Waals surface area contributed by atoms with Crippen molar-refractivity contribution in [2.45, 2.75) is 156 Å². The molecule has 2 saturated carbocycles. The maximum atomic E-state index is 12.2. The quantitative estimate of drug-likeness (QED) is 0.385. The zero-order valence-corrected chi connectivity index (χ0v) is 28.4. The van der Waals surface area contributed by atoms with Gasteiger partial charge in [-0.15, -0.1) is 0 Å². The van der Waals surface area contributed by atoms with E-state index in [2.05, 4.69) is 81.4 Å². The summed E-state index contributed by atoms with van der Waals surface area (Å²) in [4.78, 5) is 0. The minimum atomic E-state index is 0.0938. The van der Waals surface area contributed by atoms with Gasteiger partial charge in [0.2, 0.25) is 0 Å². The van der Waals surface area contributed by atoms with E-state index in [-0.39, 0.29) is 22.7 Å². The average molecular weight is 571 g/mol. The third-order valence-corrected chi connectivity index (χ3v) is 13.4. The molecule has 0 amide bonds. The van der Waals surface area contributed by atoms with Gasteiger partial charge in [-0.3, -0.25) is 0 Å². The van der Waals surface area contributed by atoms with Crippen LogP contribution in [0.3, 0.4) is 0 Å². The number of aromatic hydroxyl groups is 2. The lowest BCUT2D eigenvalue weighted by molar-refractivity contribution is 0.0402. The topological polar surface area (TPSA) is 40.5 Å². The summed E-state index contributed by atoms with van der Waals surface area (Å²) in [6, 6.07) is 4.70. The molecule has 4 aliphatic carbocycles. The van der Waals surface area contributed by atoms with Crippen molar-refractivity contribution >= 4 is 0 Å². The van der Waals surface area contributed by atoms with Crippen molar-refractivity contribution in [1.82, 2.24) is 0 Å². The Morgan fingerprint density at radius 1 is 0.595 bits per heavy atom. The molecular formula is C40H58O2. The Kier molecular flexibility index (Phi) is 7.00. The second-order valence-corrected chi connectivity index (χ2v) is 17.4. The molecule has 0 unspecified atom stereocenters. The van der Waals surface area contributed by atoms with E-state index < -0.39 is 0 Å². The lowest BCUT2D eigenvalue weighted by Crippen LogP contribution is -2.48. The number of benzene rings is 2. The van der Waals surface area contributed by atoms with Crippen LogP contribution >= 0.6 is 0 Å². The van der Waals surface area contributed by atoms with Gasteiger partial charge in [0.15, 0.2) is 0 Å². The van der Waals surface area contributed by atoms with Gasteiger partial charge >= 0.3 is 0 Å². The Balaban J connectivity index is 1.64. The summed E-state index contributed by atoms with van der Waals surface area (Å²) in [5.41, 5.74) is 10.5. The SMILES string of the molecule is CC(C)c1c(O)c(-c2cc3c(c(C(C)C)c2O)CC[C@H]2C(C)(C)CCC[C@]32C)cc2c1CC[C@H]1C(C)(C)CCC[C@]21C. The van der Waals surface area contributed by atoms with E-state index in [0.29, 0.717) is 34.2 Å². The van der Waals surface area contributed by atoms with Gasteiger partial charge < -0.3 is 10.2 Å². The number of hydrogen-bond acceptors (Lipinski definition) is 2. The van der Waals surface area contributed by atoms with E-state index in [4.69, 9.17) is 0 Å². The molecule has 2 aromatic rings. The van der Waals surface area contributed by atoms with Gasteiger partial charge in [-0.2, -0.15) is 0 Å². The van der Waals surface area contributed by atoms with Gasteiger partial charge in [0.05, 0.1) is 0 Å². The predicted octanol–water partition coefficient (Wildman–Crippen LogP) is 11.1. The van der Waals surface area contributed by atoms with Crippen molar-refractivity contribution in [1.29, 1.82) is 0 Å². The molecule has 2 fully saturated rings. The number of hydrogen-bond donors (Lipinski definition) is 2. The summed E-state index contributed by atoms with van der Waals surface area (Å²) >= 11 is 0. The Hall–Kier alpha value is -1.96. The molecule has 4 atom stereocenters. The Labute approximate surface area is 256 Å². The van der Waals surface area contributed by atoms with Gasteiger partial charge in [-0.1, -0.05) is 82.1 Å². The molecule has 42 heavy (non-hydrogen) atoms. The Morgan fingerprint density at radius 3 is 1.29 bits per heavy atom. The second kappa shape index (κ2) is 9.77. The summed E-state index contributed by atoms with van der Waals surface area (Å²) in [7, 11) is 0. The smallest absolute Gasteiger partial charge is 0.127 e. The minimum absolute atomic E-state index is 0.0938. The third-order valence-electron chi connectivity index (χ3n) is 13.4. The van der Waals surface area contributed by atoms with E-state index in [1.807, 2.05) is 0 Å². The van der Waals surface area contributed by atoms with Gasteiger partial charge in [-0.05, 0) is 131 Å². The summed E-state index contributed by atoms with van der Waals surface area (Å²) in [5, 5.41) is 24.4. The van der Waals surface area contributed by atoms with Crippen LogP contribution in [0.15, 0.2) is 12.1 Å². The molecule has 2 nitrogen and oxygen atoms in total. The fourth-order valence-electron chi connectivity index (χ4n) is 11.6. The lowest BCUT2D eigenvalue weighted by atomic mass is 9.49.